The molecule has 136 valence electrons. The van der Waals surface area contributed by atoms with Gasteiger partial charge in [0.05, 0.1) is 7.11 Å². The number of carbonyl (C=O) groups is 1. The van der Waals surface area contributed by atoms with E-state index in [1.165, 1.54) is 32.1 Å². The van der Waals surface area contributed by atoms with E-state index in [0.717, 1.165) is 11.3 Å². The van der Waals surface area contributed by atoms with E-state index in [1.807, 2.05) is 24.3 Å². The Balaban J connectivity index is 0.00000288. The molecule has 0 aliphatic heterocycles. The van der Waals surface area contributed by atoms with E-state index in [4.69, 9.17) is 10.5 Å². The fourth-order valence-electron chi connectivity index (χ4n) is 3.52. The van der Waals surface area contributed by atoms with Gasteiger partial charge in [-0.05, 0) is 42.4 Å². The van der Waals surface area contributed by atoms with Crippen LogP contribution in [0.3, 0.4) is 0 Å². The lowest BCUT2D eigenvalue weighted by Crippen LogP contribution is -2.46. The molecule has 1 aliphatic rings. The van der Waals surface area contributed by atoms with E-state index >= 15 is 0 Å². The minimum absolute atomic E-state index is 0. The monoisotopic (exact) mass is 354 g/mol. The van der Waals surface area contributed by atoms with Gasteiger partial charge in [-0.2, -0.15) is 0 Å². The summed E-state index contributed by atoms with van der Waals surface area (Å²) in [6.45, 7) is 2.61. The Morgan fingerprint density at radius 2 is 2.04 bits per heavy atom. The SMILES string of the molecule is COc1cccc(C(C)CC(=O)NC(CN)C2CCCCC2)c1.Cl. The van der Waals surface area contributed by atoms with Crippen molar-refractivity contribution < 1.29 is 9.53 Å². The maximum absolute atomic E-state index is 12.4. The number of hydrogen-bond acceptors (Lipinski definition) is 3. The van der Waals surface area contributed by atoms with Crippen molar-refractivity contribution in [2.45, 2.75) is 57.4 Å². The van der Waals surface area contributed by atoms with Gasteiger partial charge in [0.15, 0.2) is 0 Å². The number of rotatable bonds is 7. The van der Waals surface area contributed by atoms with Crippen molar-refractivity contribution in [3.05, 3.63) is 29.8 Å². The second-order valence-electron chi connectivity index (χ2n) is 6.69. The van der Waals surface area contributed by atoms with Crippen LogP contribution in [0.5, 0.6) is 5.75 Å². The van der Waals surface area contributed by atoms with Gasteiger partial charge in [-0.25, -0.2) is 0 Å². The normalized spacial score (nSPS) is 17.5. The second kappa shape index (κ2) is 10.6. The van der Waals surface area contributed by atoms with Crippen LogP contribution in [0.1, 0.15) is 56.9 Å². The second-order valence-corrected chi connectivity index (χ2v) is 6.69. The minimum Gasteiger partial charge on any atom is -0.497 e. The highest BCUT2D eigenvalue weighted by molar-refractivity contribution is 5.85. The molecule has 2 rings (SSSR count). The molecule has 0 spiro atoms. The average molecular weight is 355 g/mol. The first-order chi connectivity index (χ1) is 11.1. The molecular formula is C19H31ClN2O2. The Morgan fingerprint density at radius 1 is 1.33 bits per heavy atom. The van der Waals surface area contributed by atoms with Crippen LogP contribution in [-0.4, -0.2) is 25.6 Å². The molecule has 0 aromatic heterocycles. The van der Waals surface area contributed by atoms with Crippen LogP contribution >= 0.6 is 12.4 Å². The zero-order valence-electron chi connectivity index (χ0n) is 14.8. The molecule has 0 bridgehead atoms. The summed E-state index contributed by atoms with van der Waals surface area (Å²) in [5.41, 5.74) is 7.03. The lowest BCUT2D eigenvalue weighted by Gasteiger charge is -2.30. The van der Waals surface area contributed by atoms with Crippen LogP contribution < -0.4 is 15.8 Å². The number of benzene rings is 1. The molecule has 4 nitrogen and oxygen atoms in total. The highest BCUT2D eigenvalue weighted by Gasteiger charge is 2.24. The van der Waals surface area contributed by atoms with Gasteiger partial charge in [0.25, 0.3) is 0 Å². The Hall–Kier alpha value is -1.26. The van der Waals surface area contributed by atoms with Crippen molar-refractivity contribution in [1.82, 2.24) is 5.32 Å². The zero-order chi connectivity index (χ0) is 16.7. The number of ether oxygens (including phenoxy) is 1. The van der Waals surface area contributed by atoms with E-state index in [0.29, 0.717) is 18.9 Å². The maximum atomic E-state index is 12.4. The first-order valence-electron chi connectivity index (χ1n) is 8.77. The molecule has 1 aromatic rings. The number of halogens is 1. The summed E-state index contributed by atoms with van der Waals surface area (Å²) in [7, 11) is 1.66. The van der Waals surface area contributed by atoms with Gasteiger partial charge in [0, 0.05) is 19.0 Å². The number of methoxy groups -OCH3 is 1. The Kier molecular flexibility index (Phi) is 9.16. The van der Waals surface area contributed by atoms with Crippen LogP contribution in [0.25, 0.3) is 0 Å². The predicted octanol–water partition coefficient (Wildman–Crippen LogP) is 3.63. The molecule has 0 radical (unpaired) electrons. The maximum Gasteiger partial charge on any atom is 0.220 e. The van der Waals surface area contributed by atoms with Gasteiger partial charge in [-0.15, -0.1) is 12.4 Å². The topological polar surface area (TPSA) is 64.3 Å². The Bertz CT molecular complexity index is 504. The van der Waals surface area contributed by atoms with Crippen LogP contribution in [0, 0.1) is 5.92 Å². The zero-order valence-corrected chi connectivity index (χ0v) is 15.6. The Morgan fingerprint density at radius 3 is 2.67 bits per heavy atom. The van der Waals surface area contributed by atoms with Gasteiger partial charge < -0.3 is 15.8 Å². The molecule has 24 heavy (non-hydrogen) atoms. The third-order valence-electron chi connectivity index (χ3n) is 4.97. The summed E-state index contributed by atoms with van der Waals surface area (Å²) in [4.78, 5) is 12.4. The standard InChI is InChI=1S/C19H30N2O2.ClH/c1-14(16-9-6-10-17(12-16)23-2)11-19(22)21-18(13-20)15-7-4-3-5-8-15;/h6,9-10,12,14-15,18H,3-5,7-8,11,13,20H2,1-2H3,(H,21,22);1H. The fraction of sp³-hybridized carbons (Fsp3) is 0.632. The molecule has 2 unspecified atom stereocenters. The van der Waals surface area contributed by atoms with E-state index in [-0.39, 0.29) is 30.3 Å². The van der Waals surface area contributed by atoms with Gasteiger partial charge in [-0.3, -0.25) is 4.79 Å². The summed E-state index contributed by atoms with van der Waals surface area (Å²) in [5.74, 6) is 1.64. The van der Waals surface area contributed by atoms with E-state index in [9.17, 15) is 4.79 Å². The van der Waals surface area contributed by atoms with Gasteiger partial charge in [-0.1, -0.05) is 38.3 Å². The van der Waals surface area contributed by atoms with Crippen molar-refractivity contribution in [2.75, 3.05) is 13.7 Å². The summed E-state index contributed by atoms with van der Waals surface area (Å²) >= 11 is 0. The third-order valence-corrected chi connectivity index (χ3v) is 4.97. The summed E-state index contributed by atoms with van der Waals surface area (Å²) in [6, 6.07) is 8.05. The molecule has 0 saturated heterocycles. The summed E-state index contributed by atoms with van der Waals surface area (Å²) < 4.78 is 5.25. The lowest BCUT2D eigenvalue weighted by atomic mass is 9.83. The Labute approximate surface area is 151 Å². The van der Waals surface area contributed by atoms with Gasteiger partial charge in [0.1, 0.15) is 5.75 Å². The van der Waals surface area contributed by atoms with E-state index < -0.39 is 0 Å². The highest BCUT2D eigenvalue weighted by Crippen LogP contribution is 2.27. The first-order valence-corrected chi connectivity index (χ1v) is 8.77. The highest BCUT2D eigenvalue weighted by atomic mass is 35.5. The lowest BCUT2D eigenvalue weighted by molar-refractivity contribution is -0.122. The number of hydrogen-bond donors (Lipinski definition) is 2. The first kappa shape index (κ1) is 20.8. The number of carbonyl (C=O) groups excluding carboxylic acids is 1. The molecule has 1 amide bonds. The van der Waals surface area contributed by atoms with Crippen LogP contribution in [-0.2, 0) is 4.79 Å². The molecule has 3 N–H and O–H groups in total. The van der Waals surface area contributed by atoms with Crippen molar-refractivity contribution in [3.8, 4) is 5.75 Å². The van der Waals surface area contributed by atoms with Crippen molar-refractivity contribution in [1.29, 1.82) is 0 Å². The molecule has 1 fully saturated rings. The van der Waals surface area contributed by atoms with E-state index in [1.54, 1.807) is 7.11 Å². The van der Waals surface area contributed by atoms with Crippen LogP contribution in [0.15, 0.2) is 24.3 Å². The molecule has 2 atom stereocenters. The molecule has 1 saturated carbocycles. The molecule has 0 heterocycles. The smallest absolute Gasteiger partial charge is 0.220 e. The average Bonchev–Trinajstić information content (AvgIpc) is 2.60. The quantitative estimate of drug-likeness (QED) is 0.785. The summed E-state index contributed by atoms with van der Waals surface area (Å²) in [6.07, 6.45) is 6.70. The molecular weight excluding hydrogens is 324 g/mol. The van der Waals surface area contributed by atoms with Crippen molar-refractivity contribution in [3.63, 3.8) is 0 Å². The largest absolute Gasteiger partial charge is 0.497 e. The van der Waals surface area contributed by atoms with Crippen molar-refractivity contribution in [2.24, 2.45) is 11.7 Å². The third kappa shape index (κ3) is 5.99. The molecule has 1 aliphatic carbocycles. The van der Waals surface area contributed by atoms with Crippen LogP contribution in [0.2, 0.25) is 0 Å². The number of nitrogens with two attached hydrogens (primary N) is 1. The number of amides is 1. The number of nitrogens with one attached hydrogen (secondary N) is 1. The molecule has 5 heteroatoms. The fourth-order valence-corrected chi connectivity index (χ4v) is 3.52. The molecule has 1 aromatic carbocycles. The van der Waals surface area contributed by atoms with Crippen LogP contribution in [0.4, 0.5) is 0 Å². The van der Waals surface area contributed by atoms with Gasteiger partial charge >= 0.3 is 0 Å². The van der Waals surface area contributed by atoms with E-state index in [2.05, 4.69) is 12.2 Å². The summed E-state index contributed by atoms with van der Waals surface area (Å²) in [5, 5.41) is 3.17. The van der Waals surface area contributed by atoms with Crippen molar-refractivity contribution >= 4 is 18.3 Å². The minimum atomic E-state index is 0. The van der Waals surface area contributed by atoms with Gasteiger partial charge in [0.2, 0.25) is 5.91 Å². The predicted molar refractivity (Wildman–Crippen MR) is 101 cm³/mol.